The molecule has 0 N–H and O–H groups in total. The van der Waals surface area contributed by atoms with Gasteiger partial charge in [0.2, 0.25) is 0 Å². The minimum absolute atomic E-state index is 0. The van der Waals surface area contributed by atoms with Crippen LogP contribution in [-0.2, 0) is 9.30 Å². The van der Waals surface area contributed by atoms with Crippen LogP contribution < -0.4 is 68.9 Å². The molecule has 48 valence electrons. The van der Waals surface area contributed by atoms with Crippen LogP contribution in [0.4, 0.5) is 0 Å². The molecule has 1 fully saturated rings. The molecule has 10 heavy (non-hydrogen) atoms. The van der Waals surface area contributed by atoms with Gasteiger partial charge >= 0.3 is 59.1 Å². The van der Waals surface area contributed by atoms with Crippen LogP contribution in [0.25, 0.3) is 0 Å². The molecule has 4 nitrogen and oxygen atoms in total. The van der Waals surface area contributed by atoms with Crippen molar-refractivity contribution in [1.82, 2.24) is 0 Å². The maximum atomic E-state index is 9.95. The van der Waals surface area contributed by atoms with Crippen molar-refractivity contribution in [2.45, 2.75) is 18.9 Å². The zero-order chi connectivity index (χ0) is 6.36. The van der Waals surface area contributed by atoms with Crippen LogP contribution >= 0.6 is 7.60 Å². The Labute approximate surface area is 103 Å². The van der Waals surface area contributed by atoms with Crippen molar-refractivity contribution < 1.29 is 78.2 Å². The topological polar surface area (TPSA) is 75.7 Å². The maximum absolute atomic E-state index is 9.95. The van der Waals surface area contributed by atoms with E-state index in [0.29, 0.717) is 0 Å². The van der Waals surface area contributed by atoms with Gasteiger partial charge < -0.3 is 19.1 Å². The van der Waals surface area contributed by atoms with Gasteiger partial charge in [-0.2, -0.15) is 0 Å². The van der Waals surface area contributed by atoms with Gasteiger partial charge in [-0.3, -0.25) is 0 Å². The first-order valence-electron chi connectivity index (χ1n) is 2.19. The third-order valence-electron chi connectivity index (χ3n) is 0.991. The Morgan fingerprint density at radius 2 is 1.70 bits per heavy atom. The molecule has 1 aliphatic rings. The average molecular weight is 182 g/mol. The monoisotopic (exact) mass is 182 g/mol. The SMILES string of the molecule is C[C@H]1O[C@@H]1P(=O)([O-])[O-].[Na+].[Na+]. The molecule has 0 unspecified atom stereocenters. The van der Waals surface area contributed by atoms with Crippen LogP contribution in [0, 0.1) is 0 Å². The predicted octanol–water partition coefficient (Wildman–Crippen LogP) is -7.35. The van der Waals surface area contributed by atoms with E-state index in [1.807, 2.05) is 0 Å². The third-order valence-corrected chi connectivity index (χ3v) is 2.16. The quantitative estimate of drug-likeness (QED) is 0.229. The Kier molecular flexibility index (Phi) is 7.27. The first kappa shape index (κ1) is 14.6. The minimum atomic E-state index is -4.40. The van der Waals surface area contributed by atoms with E-state index in [-0.39, 0.29) is 65.2 Å². The summed E-state index contributed by atoms with van der Waals surface area (Å²) in [6, 6.07) is 0. The van der Waals surface area contributed by atoms with Crippen molar-refractivity contribution >= 4 is 7.60 Å². The van der Waals surface area contributed by atoms with E-state index in [9.17, 15) is 14.4 Å². The molecular formula is C3H5Na2O4P. The maximum Gasteiger partial charge on any atom is 1.00 e. The molecule has 0 saturated carbocycles. The van der Waals surface area contributed by atoms with E-state index in [1.54, 1.807) is 6.92 Å². The van der Waals surface area contributed by atoms with Gasteiger partial charge in [-0.05, 0) is 14.5 Å². The Morgan fingerprint density at radius 3 is 1.70 bits per heavy atom. The van der Waals surface area contributed by atoms with Crippen LogP contribution in [0.2, 0.25) is 0 Å². The molecule has 0 bridgehead atoms. The summed E-state index contributed by atoms with van der Waals surface area (Å²) in [6.07, 6.45) is -0.379. The second-order valence-electron chi connectivity index (χ2n) is 1.77. The molecule has 2 atom stereocenters. The molecule has 1 heterocycles. The molecule has 0 aromatic heterocycles. The third kappa shape index (κ3) is 4.21. The largest absolute Gasteiger partial charge is 1.00 e. The Bertz CT molecular complexity index is 145. The van der Waals surface area contributed by atoms with E-state index in [4.69, 9.17) is 0 Å². The summed E-state index contributed by atoms with van der Waals surface area (Å²) >= 11 is 0. The van der Waals surface area contributed by atoms with Gasteiger partial charge in [-0.1, -0.05) is 0 Å². The van der Waals surface area contributed by atoms with Gasteiger partial charge in [0.1, 0.15) is 5.85 Å². The minimum Gasteiger partial charge on any atom is -0.809 e. The number of hydrogen-bond acceptors (Lipinski definition) is 4. The molecular weight excluding hydrogens is 177 g/mol. The molecule has 1 aliphatic heterocycles. The van der Waals surface area contributed by atoms with Crippen LogP contribution in [0.5, 0.6) is 0 Å². The first-order chi connectivity index (χ1) is 3.52. The average Bonchev–Trinajstić information content (AvgIpc) is 2.13. The Hall–Kier alpha value is 2.11. The second kappa shape index (κ2) is 4.97. The Morgan fingerprint density at radius 1 is 1.40 bits per heavy atom. The van der Waals surface area contributed by atoms with E-state index >= 15 is 0 Å². The summed E-state index contributed by atoms with van der Waals surface area (Å²) in [5.74, 6) is -1.04. The van der Waals surface area contributed by atoms with E-state index < -0.39 is 13.4 Å². The van der Waals surface area contributed by atoms with Gasteiger partial charge in [0.15, 0.2) is 0 Å². The Balaban J connectivity index is 0. The molecule has 1 rings (SSSR count). The molecule has 0 aliphatic carbocycles. The summed E-state index contributed by atoms with van der Waals surface area (Å²) < 4.78 is 14.3. The zero-order valence-corrected chi connectivity index (χ0v) is 11.1. The molecule has 0 spiro atoms. The van der Waals surface area contributed by atoms with Crippen molar-refractivity contribution in [3.05, 3.63) is 0 Å². The smallest absolute Gasteiger partial charge is 0.809 e. The van der Waals surface area contributed by atoms with Crippen LogP contribution in [0.1, 0.15) is 6.92 Å². The molecule has 0 aromatic rings. The molecule has 0 aromatic carbocycles. The van der Waals surface area contributed by atoms with E-state index in [2.05, 4.69) is 4.74 Å². The predicted molar refractivity (Wildman–Crippen MR) is 21.9 cm³/mol. The van der Waals surface area contributed by atoms with Crippen LogP contribution in [-0.4, -0.2) is 11.9 Å². The number of hydrogen-bond donors (Lipinski definition) is 0. The summed E-state index contributed by atoms with van der Waals surface area (Å²) in [7, 11) is -4.40. The van der Waals surface area contributed by atoms with Gasteiger partial charge in [0.05, 0.1) is 6.10 Å². The van der Waals surface area contributed by atoms with E-state index in [1.165, 1.54) is 0 Å². The van der Waals surface area contributed by atoms with Crippen molar-refractivity contribution in [3.63, 3.8) is 0 Å². The zero-order valence-electron chi connectivity index (χ0n) is 6.23. The molecule has 7 heteroatoms. The van der Waals surface area contributed by atoms with Gasteiger partial charge in [-0.15, -0.1) is 0 Å². The summed E-state index contributed by atoms with van der Waals surface area (Å²) in [6.45, 7) is 1.55. The van der Waals surface area contributed by atoms with Crippen molar-refractivity contribution in [2.75, 3.05) is 0 Å². The van der Waals surface area contributed by atoms with Crippen LogP contribution in [0.3, 0.4) is 0 Å². The normalized spacial score (nSPS) is 29.9. The molecule has 1 saturated heterocycles. The van der Waals surface area contributed by atoms with Gasteiger partial charge in [0.25, 0.3) is 0 Å². The molecule has 0 radical (unpaired) electrons. The van der Waals surface area contributed by atoms with Gasteiger partial charge in [-0.25, -0.2) is 0 Å². The summed E-state index contributed by atoms with van der Waals surface area (Å²) in [4.78, 5) is 19.9. The van der Waals surface area contributed by atoms with Crippen LogP contribution in [0.15, 0.2) is 0 Å². The first-order valence-corrected chi connectivity index (χ1v) is 3.80. The number of ether oxygens (including phenoxy) is 1. The van der Waals surface area contributed by atoms with Gasteiger partial charge in [0, 0.05) is 0 Å². The fourth-order valence-electron chi connectivity index (χ4n) is 0.506. The van der Waals surface area contributed by atoms with Crippen molar-refractivity contribution in [1.29, 1.82) is 0 Å². The standard InChI is InChI=1S/C3H7O4P.2Na/c1-2-3(7-2)8(4,5)6;;/h2-3H,1H3,(H2,4,5,6);;/q;2*+1/p-2/t2-,3-;;/m1../s1. The number of rotatable bonds is 1. The fourth-order valence-corrected chi connectivity index (χ4v) is 1.36. The number of epoxide rings is 1. The second-order valence-corrected chi connectivity index (χ2v) is 3.36. The summed E-state index contributed by atoms with van der Waals surface area (Å²) in [5.41, 5.74) is 0. The van der Waals surface area contributed by atoms with Crippen molar-refractivity contribution in [3.8, 4) is 0 Å². The fraction of sp³-hybridized carbons (Fsp3) is 1.00. The van der Waals surface area contributed by atoms with Crippen molar-refractivity contribution in [2.24, 2.45) is 0 Å². The molecule has 0 amide bonds. The summed E-state index contributed by atoms with van der Waals surface area (Å²) in [5, 5.41) is 0. The van der Waals surface area contributed by atoms with E-state index in [0.717, 1.165) is 0 Å².